The van der Waals surface area contributed by atoms with Gasteiger partial charge in [0.2, 0.25) is 0 Å². The van der Waals surface area contributed by atoms with E-state index in [1.165, 1.54) is 38.5 Å². The van der Waals surface area contributed by atoms with Crippen LogP contribution in [0.25, 0.3) is 0 Å². The molecule has 5 heteroatoms. The number of amides is 1. The predicted octanol–water partition coefficient (Wildman–Crippen LogP) is 3.16. The number of aryl methyl sites for hydroxylation is 1. The standard InChI is InChI=1S/C22H31N3O2/c1-24(6-5-22-11-14-7-15(12-22)9-16(8-14)13-22)21(27)20-18-10-17(26)3-4-19(18)25(2)23-20/h14-16H,3-13H2,1-2H3. The Hall–Kier alpha value is -1.65. The molecule has 27 heavy (non-hydrogen) atoms. The van der Waals surface area contributed by atoms with Gasteiger partial charge in [0.1, 0.15) is 5.78 Å². The van der Waals surface area contributed by atoms with Crippen molar-refractivity contribution in [2.75, 3.05) is 13.6 Å². The molecule has 0 unspecified atom stereocenters. The number of carbonyl (C=O) groups excluding carboxylic acids is 2. The summed E-state index contributed by atoms with van der Waals surface area (Å²) in [5.74, 6) is 3.07. The van der Waals surface area contributed by atoms with Crippen LogP contribution in [0.4, 0.5) is 0 Å². The minimum atomic E-state index is -0.00808. The van der Waals surface area contributed by atoms with Gasteiger partial charge in [-0.3, -0.25) is 14.3 Å². The SMILES string of the molecule is CN(CCC12CC3CC(CC(C3)C1)C2)C(=O)c1nn(C)c2c1CC(=O)CC2. The maximum Gasteiger partial charge on any atom is 0.274 e. The Morgan fingerprint density at radius 1 is 1.15 bits per heavy atom. The van der Waals surface area contributed by atoms with Crippen LogP contribution in [0, 0.1) is 23.2 Å². The Morgan fingerprint density at radius 3 is 2.41 bits per heavy atom. The van der Waals surface area contributed by atoms with Crippen molar-refractivity contribution >= 4 is 11.7 Å². The van der Waals surface area contributed by atoms with Crippen LogP contribution in [-0.4, -0.2) is 40.0 Å². The summed E-state index contributed by atoms with van der Waals surface area (Å²) < 4.78 is 1.81. The highest BCUT2D eigenvalue weighted by molar-refractivity contribution is 5.96. The third-order valence-electron chi connectivity index (χ3n) is 7.98. The summed E-state index contributed by atoms with van der Waals surface area (Å²) in [5, 5.41) is 4.50. The van der Waals surface area contributed by atoms with Gasteiger partial charge in [-0.05, 0) is 74.5 Å². The van der Waals surface area contributed by atoms with Gasteiger partial charge in [0.15, 0.2) is 5.69 Å². The zero-order chi connectivity index (χ0) is 18.8. The molecule has 1 amide bonds. The van der Waals surface area contributed by atoms with Crippen molar-refractivity contribution in [1.29, 1.82) is 0 Å². The minimum Gasteiger partial charge on any atom is -0.340 e. The second-order valence-corrected chi connectivity index (χ2v) is 10.0. The van der Waals surface area contributed by atoms with Crippen molar-refractivity contribution < 1.29 is 9.59 Å². The monoisotopic (exact) mass is 369 g/mol. The van der Waals surface area contributed by atoms with Crippen LogP contribution in [0.1, 0.15) is 73.1 Å². The van der Waals surface area contributed by atoms with Crippen LogP contribution in [-0.2, 0) is 24.7 Å². The molecule has 0 aliphatic heterocycles. The van der Waals surface area contributed by atoms with Gasteiger partial charge in [-0.2, -0.15) is 5.10 Å². The number of Topliss-reactive ketones (excluding diaryl/α,β-unsaturated/α-hetero) is 1. The van der Waals surface area contributed by atoms with E-state index in [-0.39, 0.29) is 11.7 Å². The van der Waals surface area contributed by atoms with E-state index in [2.05, 4.69) is 5.10 Å². The number of ketones is 1. The number of carbonyl (C=O) groups is 2. The average molecular weight is 370 g/mol. The van der Waals surface area contributed by atoms with E-state index in [0.29, 0.717) is 30.4 Å². The fourth-order valence-corrected chi connectivity index (χ4v) is 7.10. The van der Waals surface area contributed by atoms with E-state index in [0.717, 1.165) is 42.0 Å². The Labute approximate surface area is 161 Å². The Bertz CT molecular complexity index is 758. The minimum absolute atomic E-state index is 0.00808. The molecule has 5 nitrogen and oxygen atoms in total. The number of nitrogens with zero attached hydrogens (tertiary/aromatic N) is 3. The zero-order valence-electron chi connectivity index (χ0n) is 16.7. The first-order valence-corrected chi connectivity index (χ1v) is 10.7. The van der Waals surface area contributed by atoms with Crippen LogP contribution in [0.5, 0.6) is 0 Å². The first-order chi connectivity index (χ1) is 12.9. The number of aromatic nitrogens is 2. The molecule has 0 radical (unpaired) electrons. The second-order valence-electron chi connectivity index (χ2n) is 10.0. The fraction of sp³-hybridized carbons (Fsp3) is 0.773. The topological polar surface area (TPSA) is 55.2 Å². The van der Waals surface area contributed by atoms with E-state index < -0.39 is 0 Å². The highest BCUT2D eigenvalue weighted by Crippen LogP contribution is 2.61. The van der Waals surface area contributed by atoms with Gasteiger partial charge in [-0.15, -0.1) is 0 Å². The third kappa shape index (κ3) is 2.94. The largest absolute Gasteiger partial charge is 0.340 e. The zero-order valence-corrected chi connectivity index (χ0v) is 16.7. The van der Waals surface area contributed by atoms with Crippen molar-refractivity contribution in [3.05, 3.63) is 17.0 Å². The van der Waals surface area contributed by atoms with E-state index in [1.54, 1.807) is 0 Å². The normalized spacial score (nSPS) is 34.0. The fourth-order valence-electron chi connectivity index (χ4n) is 7.10. The quantitative estimate of drug-likeness (QED) is 0.819. The predicted molar refractivity (Wildman–Crippen MR) is 102 cm³/mol. The Balaban J connectivity index is 1.29. The van der Waals surface area contributed by atoms with Crippen LogP contribution in [0.15, 0.2) is 0 Å². The summed E-state index contributed by atoms with van der Waals surface area (Å²) in [6.07, 6.45) is 11.3. The van der Waals surface area contributed by atoms with E-state index in [9.17, 15) is 9.59 Å². The second kappa shape index (κ2) is 6.18. The molecule has 4 bridgehead atoms. The first-order valence-electron chi connectivity index (χ1n) is 10.7. The molecule has 0 saturated heterocycles. The smallest absolute Gasteiger partial charge is 0.274 e. The summed E-state index contributed by atoms with van der Waals surface area (Å²) in [5.41, 5.74) is 2.93. The summed E-state index contributed by atoms with van der Waals surface area (Å²) >= 11 is 0. The number of rotatable bonds is 4. The van der Waals surface area contributed by atoms with Crippen LogP contribution in [0.2, 0.25) is 0 Å². The van der Waals surface area contributed by atoms with Gasteiger partial charge < -0.3 is 4.90 Å². The molecule has 1 heterocycles. The van der Waals surface area contributed by atoms with E-state index >= 15 is 0 Å². The average Bonchev–Trinajstić information content (AvgIpc) is 2.94. The molecule has 1 aromatic heterocycles. The van der Waals surface area contributed by atoms with Crippen molar-refractivity contribution in [3.63, 3.8) is 0 Å². The Kier molecular flexibility index (Phi) is 3.99. The molecule has 0 spiro atoms. The molecular formula is C22H31N3O2. The lowest BCUT2D eigenvalue weighted by molar-refractivity contribution is -0.118. The molecule has 0 atom stereocenters. The van der Waals surface area contributed by atoms with Gasteiger partial charge in [0, 0.05) is 44.7 Å². The van der Waals surface area contributed by atoms with Crippen LogP contribution < -0.4 is 0 Å². The molecule has 0 aromatic carbocycles. The van der Waals surface area contributed by atoms with Crippen molar-refractivity contribution in [1.82, 2.24) is 14.7 Å². The molecule has 6 rings (SSSR count). The van der Waals surface area contributed by atoms with Crippen molar-refractivity contribution in [3.8, 4) is 0 Å². The van der Waals surface area contributed by atoms with Gasteiger partial charge in [0.25, 0.3) is 5.91 Å². The number of hydrogen-bond donors (Lipinski definition) is 0. The first kappa shape index (κ1) is 17.4. The number of fused-ring (bicyclic) bond motifs is 1. The molecule has 1 aromatic rings. The van der Waals surface area contributed by atoms with Crippen LogP contribution >= 0.6 is 0 Å². The molecule has 146 valence electrons. The third-order valence-corrected chi connectivity index (χ3v) is 7.98. The van der Waals surface area contributed by atoms with Gasteiger partial charge in [-0.1, -0.05) is 0 Å². The Morgan fingerprint density at radius 2 is 1.78 bits per heavy atom. The highest BCUT2D eigenvalue weighted by atomic mass is 16.2. The maximum atomic E-state index is 13.1. The van der Waals surface area contributed by atoms with Gasteiger partial charge in [0.05, 0.1) is 0 Å². The number of hydrogen-bond acceptors (Lipinski definition) is 3. The van der Waals surface area contributed by atoms with Crippen LogP contribution in [0.3, 0.4) is 0 Å². The summed E-state index contributed by atoms with van der Waals surface area (Å²) in [6.45, 7) is 0.810. The van der Waals surface area contributed by atoms with Crippen molar-refractivity contribution in [2.45, 2.75) is 64.2 Å². The van der Waals surface area contributed by atoms with Gasteiger partial charge >= 0.3 is 0 Å². The lowest BCUT2D eigenvalue weighted by Crippen LogP contribution is -2.47. The van der Waals surface area contributed by atoms with Gasteiger partial charge in [-0.25, -0.2) is 0 Å². The van der Waals surface area contributed by atoms with E-state index in [4.69, 9.17) is 0 Å². The summed E-state index contributed by atoms with van der Waals surface area (Å²) in [4.78, 5) is 26.9. The summed E-state index contributed by atoms with van der Waals surface area (Å²) in [7, 11) is 3.80. The molecular weight excluding hydrogens is 338 g/mol. The lowest BCUT2D eigenvalue weighted by Gasteiger charge is -2.57. The molecule has 4 saturated carbocycles. The highest BCUT2D eigenvalue weighted by Gasteiger charge is 2.50. The lowest BCUT2D eigenvalue weighted by atomic mass is 9.49. The maximum absolute atomic E-state index is 13.1. The molecule has 0 N–H and O–H groups in total. The van der Waals surface area contributed by atoms with E-state index in [1.807, 2.05) is 23.7 Å². The molecule has 5 aliphatic rings. The van der Waals surface area contributed by atoms with Crippen molar-refractivity contribution in [2.24, 2.45) is 30.2 Å². The summed E-state index contributed by atoms with van der Waals surface area (Å²) in [6, 6.07) is 0. The molecule has 5 aliphatic carbocycles. The molecule has 4 fully saturated rings.